The molecule has 0 aliphatic carbocycles. The number of benzene rings is 2. The molecule has 41 heavy (non-hydrogen) atoms. The van der Waals surface area contributed by atoms with Gasteiger partial charge in [-0.25, -0.2) is 13.8 Å². The number of anilines is 1. The highest BCUT2D eigenvalue weighted by atomic mass is 19.4. The third-order valence-electron chi connectivity index (χ3n) is 6.18. The third-order valence-corrected chi connectivity index (χ3v) is 6.18. The highest BCUT2D eigenvalue weighted by Gasteiger charge is 2.46. The molecule has 1 N–H and O–H groups in total. The zero-order chi connectivity index (χ0) is 29.7. The molecule has 2 amide bonds. The number of nitrogens with zero attached hydrogens (tertiary/aromatic N) is 2. The monoisotopic (exact) mass is 581 g/mol. The molecule has 3 aromatic rings. The Morgan fingerprint density at radius 1 is 1.05 bits per heavy atom. The van der Waals surface area contributed by atoms with Crippen LogP contribution in [0.5, 0.6) is 17.4 Å². The molecule has 4 rings (SSSR count). The first-order valence-electron chi connectivity index (χ1n) is 12.1. The molecule has 1 fully saturated rings. The van der Waals surface area contributed by atoms with Crippen molar-refractivity contribution in [2.45, 2.75) is 18.3 Å². The summed E-state index contributed by atoms with van der Waals surface area (Å²) >= 11 is 0. The van der Waals surface area contributed by atoms with Crippen LogP contribution in [0.1, 0.15) is 21.8 Å². The number of rotatable bonds is 10. The maximum Gasteiger partial charge on any atom is 0.573 e. The maximum atomic E-state index is 15.2. The minimum atomic E-state index is -4.93. The van der Waals surface area contributed by atoms with E-state index in [0.717, 1.165) is 36.4 Å². The van der Waals surface area contributed by atoms with E-state index in [0.29, 0.717) is 0 Å². The Bertz CT molecular complexity index is 1380. The first kappa shape index (κ1) is 29.5. The van der Waals surface area contributed by atoms with E-state index in [-0.39, 0.29) is 42.6 Å². The van der Waals surface area contributed by atoms with Gasteiger partial charge in [0, 0.05) is 49.0 Å². The molecule has 2 heterocycles. The van der Waals surface area contributed by atoms with Crippen molar-refractivity contribution in [3.63, 3.8) is 0 Å². The average molecular weight is 581 g/mol. The van der Waals surface area contributed by atoms with Crippen LogP contribution >= 0.6 is 0 Å². The Hall–Kier alpha value is -4.46. The maximum absolute atomic E-state index is 15.2. The molecule has 2 aromatic carbocycles. The highest BCUT2D eigenvalue weighted by molar-refractivity contribution is 6.05. The largest absolute Gasteiger partial charge is 0.573 e. The number of amides is 2. The molecule has 1 aliphatic rings. The number of halogens is 5. The summed E-state index contributed by atoms with van der Waals surface area (Å²) in [5.74, 6) is -5.42. The lowest BCUT2D eigenvalue weighted by Gasteiger charge is -2.20. The molecule has 9 nitrogen and oxygen atoms in total. The summed E-state index contributed by atoms with van der Waals surface area (Å²) in [5, 5.41) is 2.48. The average Bonchev–Trinajstić information content (AvgIpc) is 3.23. The van der Waals surface area contributed by atoms with Crippen molar-refractivity contribution in [3.05, 3.63) is 77.5 Å². The van der Waals surface area contributed by atoms with Crippen LogP contribution in [0.3, 0.4) is 0 Å². The number of ether oxygens (including phenoxy) is 4. The van der Waals surface area contributed by atoms with Crippen molar-refractivity contribution in [2.24, 2.45) is 0 Å². The SMILES string of the molecule is COCCOc1ncccc1N1C[C@@H](c2c(F)cc(OC)cc2F)[C@H](NC(=O)c2ccc(OC(F)(F)F)cc2)C1=O. The summed E-state index contributed by atoms with van der Waals surface area (Å²) in [7, 11) is 2.70. The van der Waals surface area contributed by atoms with Gasteiger partial charge in [-0.05, 0) is 36.4 Å². The number of aromatic nitrogens is 1. The van der Waals surface area contributed by atoms with E-state index >= 15 is 8.78 Å². The van der Waals surface area contributed by atoms with Crippen LogP contribution in [0, 0.1) is 11.6 Å². The molecule has 1 aliphatic heterocycles. The van der Waals surface area contributed by atoms with Crippen LogP contribution < -0.4 is 24.4 Å². The summed E-state index contributed by atoms with van der Waals surface area (Å²) in [5.41, 5.74) is -0.393. The van der Waals surface area contributed by atoms with Gasteiger partial charge in [0.1, 0.15) is 41.5 Å². The van der Waals surface area contributed by atoms with Gasteiger partial charge in [-0.15, -0.1) is 13.2 Å². The van der Waals surface area contributed by atoms with Gasteiger partial charge >= 0.3 is 6.36 Å². The fraction of sp³-hybridized carbons (Fsp3) is 0.296. The molecule has 0 bridgehead atoms. The van der Waals surface area contributed by atoms with Gasteiger partial charge in [0.2, 0.25) is 11.8 Å². The predicted octanol–water partition coefficient (Wildman–Crippen LogP) is 4.22. The van der Waals surface area contributed by atoms with Gasteiger partial charge in [-0.3, -0.25) is 9.59 Å². The molecular weight excluding hydrogens is 557 g/mol. The number of carbonyl (C=O) groups excluding carboxylic acids is 2. The van der Waals surface area contributed by atoms with Gasteiger partial charge in [-0.1, -0.05) is 0 Å². The quantitative estimate of drug-likeness (QED) is 0.283. The smallest absolute Gasteiger partial charge is 0.497 e. The van der Waals surface area contributed by atoms with Crippen molar-refractivity contribution in [1.29, 1.82) is 0 Å². The Morgan fingerprint density at radius 3 is 2.34 bits per heavy atom. The van der Waals surface area contributed by atoms with Crippen molar-refractivity contribution >= 4 is 17.5 Å². The van der Waals surface area contributed by atoms with Crippen molar-refractivity contribution in [3.8, 4) is 17.4 Å². The number of nitrogens with one attached hydrogen (secondary N) is 1. The zero-order valence-corrected chi connectivity index (χ0v) is 21.7. The van der Waals surface area contributed by atoms with Crippen LogP contribution in [0.25, 0.3) is 0 Å². The van der Waals surface area contributed by atoms with E-state index in [9.17, 15) is 22.8 Å². The van der Waals surface area contributed by atoms with E-state index in [1.165, 1.54) is 37.4 Å². The fourth-order valence-corrected chi connectivity index (χ4v) is 4.36. The van der Waals surface area contributed by atoms with Gasteiger partial charge in [0.05, 0.1) is 13.7 Å². The van der Waals surface area contributed by atoms with E-state index in [1.54, 1.807) is 0 Å². The Morgan fingerprint density at radius 2 is 1.73 bits per heavy atom. The molecule has 0 saturated carbocycles. The van der Waals surface area contributed by atoms with Gasteiger partial charge in [0.15, 0.2) is 0 Å². The lowest BCUT2D eigenvalue weighted by atomic mass is 9.92. The van der Waals surface area contributed by atoms with Crippen molar-refractivity contribution < 1.29 is 50.5 Å². The summed E-state index contributed by atoms with van der Waals surface area (Å²) in [6, 6.07) is 7.44. The summed E-state index contributed by atoms with van der Waals surface area (Å²) in [6.07, 6.45) is -3.50. The van der Waals surface area contributed by atoms with E-state index in [1.807, 2.05) is 0 Å². The van der Waals surface area contributed by atoms with Crippen LogP contribution in [0.2, 0.25) is 0 Å². The van der Waals surface area contributed by atoms with Crippen LogP contribution in [0.15, 0.2) is 54.7 Å². The van der Waals surface area contributed by atoms with E-state index in [4.69, 9.17) is 14.2 Å². The second-order valence-corrected chi connectivity index (χ2v) is 8.75. The van der Waals surface area contributed by atoms with E-state index < -0.39 is 53.1 Å². The lowest BCUT2D eigenvalue weighted by Crippen LogP contribution is -2.44. The fourth-order valence-electron chi connectivity index (χ4n) is 4.36. The summed E-state index contributed by atoms with van der Waals surface area (Å²) in [6.45, 7) is 0.0525. The number of methoxy groups -OCH3 is 2. The number of hydrogen-bond acceptors (Lipinski definition) is 7. The Labute approximate surface area is 230 Å². The topological polar surface area (TPSA) is 99.2 Å². The summed E-state index contributed by atoms with van der Waals surface area (Å²) < 4.78 is 87.1. The molecule has 1 aromatic heterocycles. The molecule has 0 unspecified atom stereocenters. The van der Waals surface area contributed by atoms with E-state index in [2.05, 4.69) is 15.0 Å². The normalized spacial score (nSPS) is 17.0. The molecule has 2 atom stereocenters. The number of pyridine rings is 1. The number of hydrogen-bond donors (Lipinski definition) is 1. The zero-order valence-electron chi connectivity index (χ0n) is 21.7. The Balaban J connectivity index is 1.68. The molecule has 0 radical (unpaired) electrons. The van der Waals surface area contributed by atoms with Crippen molar-refractivity contribution in [2.75, 3.05) is 38.9 Å². The second kappa shape index (κ2) is 12.4. The predicted molar refractivity (Wildman–Crippen MR) is 134 cm³/mol. The number of alkyl halides is 3. The molecule has 218 valence electrons. The minimum absolute atomic E-state index is 0.0551. The van der Waals surface area contributed by atoms with Gasteiger partial charge in [0.25, 0.3) is 5.91 Å². The third kappa shape index (κ3) is 6.82. The van der Waals surface area contributed by atoms with Crippen LogP contribution in [-0.2, 0) is 9.53 Å². The molecule has 0 spiro atoms. The van der Waals surface area contributed by atoms with Crippen LogP contribution in [-0.4, -0.2) is 63.2 Å². The first-order chi connectivity index (χ1) is 19.5. The van der Waals surface area contributed by atoms with Crippen LogP contribution in [0.4, 0.5) is 27.6 Å². The standard InChI is InChI=1S/C27H24F5N3O6/c1-38-10-11-40-25-21(4-3-9-33-25)35-14-18(22-19(28)12-17(39-2)13-20(22)29)23(26(35)37)34-24(36)15-5-7-16(8-6-15)41-27(30,31)32/h3-9,12-13,18,23H,10-11,14H2,1-2H3,(H,34,36)/t18-,23-/m0/s1. The number of carbonyl (C=O) groups is 2. The van der Waals surface area contributed by atoms with Crippen molar-refractivity contribution in [1.82, 2.24) is 10.3 Å². The highest BCUT2D eigenvalue weighted by Crippen LogP contribution is 2.39. The minimum Gasteiger partial charge on any atom is -0.497 e. The van der Waals surface area contributed by atoms with Gasteiger partial charge in [-0.2, -0.15) is 0 Å². The Kier molecular flexibility index (Phi) is 8.91. The first-order valence-corrected chi connectivity index (χ1v) is 12.1. The summed E-state index contributed by atoms with van der Waals surface area (Å²) in [4.78, 5) is 32.1. The second-order valence-electron chi connectivity index (χ2n) is 8.75. The molecule has 14 heteroatoms. The van der Waals surface area contributed by atoms with Gasteiger partial charge < -0.3 is 29.2 Å². The lowest BCUT2D eigenvalue weighted by molar-refractivity contribution is -0.274. The molecular formula is C27H24F5N3O6. The molecule has 1 saturated heterocycles.